The highest BCUT2D eigenvalue weighted by Crippen LogP contribution is 2.21. The van der Waals surface area contributed by atoms with Gasteiger partial charge in [-0.05, 0) is 30.8 Å². The summed E-state index contributed by atoms with van der Waals surface area (Å²) in [5.74, 6) is -0.496. The number of hydrogen-bond donors (Lipinski definition) is 1. The molecule has 1 N–H and O–H groups in total. The van der Waals surface area contributed by atoms with Crippen molar-refractivity contribution in [2.75, 3.05) is 31.7 Å². The van der Waals surface area contributed by atoms with Gasteiger partial charge in [0.05, 0.1) is 19.1 Å². The predicted molar refractivity (Wildman–Crippen MR) is 71.6 cm³/mol. The number of halogens is 1. The third-order valence-electron chi connectivity index (χ3n) is 3.41. The third kappa shape index (κ3) is 3.11. The molecular weight excluding hydrogens is 247 g/mol. The fourth-order valence-electron chi connectivity index (χ4n) is 2.30. The first-order valence-electron chi connectivity index (χ1n) is 6.47. The summed E-state index contributed by atoms with van der Waals surface area (Å²) in [5.41, 5.74) is 0.688. The van der Waals surface area contributed by atoms with Crippen LogP contribution in [0, 0.1) is 11.7 Å². The molecule has 4 nitrogen and oxygen atoms in total. The second-order valence-electron chi connectivity index (χ2n) is 4.68. The first-order chi connectivity index (χ1) is 9.13. The van der Waals surface area contributed by atoms with Crippen LogP contribution >= 0.6 is 0 Å². The van der Waals surface area contributed by atoms with Gasteiger partial charge in [-0.2, -0.15) is 0 Å². The SMILES string of the molecule is CCNC1COCC1C(=O)N(C)c1ccc(F)cc1. The number of benzene rings is 1. The van der Waals surface area contributed by atoms with Crippen molar-refractivity contribution in [3.05, 3.63) is 30.1 Å². The van der Waals surface area contributed by atoms with Gasteiger partial charge in [0.2, 0.25) is 5.91 Å². The number of nitrogens with zero attached hydrogens (tertiary/aromatic N) is 1. The molecule has 1 aliphatic rings. The van der Waals surface area contributed by atoms with Crippen LogP contribution in [0.1, 0.15) is 6.92 Å². The molecule has 104 valence electrons. The molecule has 1 aliphatic heterocycles. The Morgan fingerprint density at radius 2 is 2.11 bits per heavy atom. The summed E-state index contributed by atoms with van der Waals surface area (Å²) in [4.78, 5) is 14.0. The van der Waals surface area contributed by atoms with Gasteiger partial charge in [-0.15, -0.1) is 0 Å². The van der Waals surface area contributed by atoms with Gasteiger partial charge in [0, 0.05) is 18.8 Å². The maximum atomic E-state index is 12.9. The Bertz CT molecular complexity index is 436. The van der Waals surface area contributed by atoms with Gasteiger partial charge >= 0.3 is 0 Å². The van der Waals surface area contributed by atoms with E-state index < -0.39 is 0 Å². The molecule has 0 spiro atoms. The smallest absolute Gasteiger partial charge is 0.233 e. The van der Waals surface area contributed by atoms with Gasteiger partial charge in [0.25, 0.3) is 0 Å². The Hall–Kier alpha value is -1.46. The van der Waals surface area contributed by atoms with Crippen molar-refractivity contribution in [1.29, 1.82) is 0 Å². The van der Waals surface area contributed by atoms with Crippen LogP contribution in [0.5, 0.6) is 0 Å². The molecule has 0 saturated carbocycles. The van der Waals surface area contributed by atoms with Crippen molar-refractivity contribution < 1.29 is 13.9 Å². The molecule has 2 rings (SSSR count). The average Bonchev–Trinajstić information content (AvgIpc) is 2.87. The number of hydrogen-bond acceptors (Lipinski definition) is 3. The van der Waals surface area contributed by atoms with Gasteiger partial charge < -0.3 is 15.0 Å². The van der Waals surface area contributed by atoms with E-state index >= 15 is 0 Å². The number of anilines is 1. The van der Waals surface area contributed by atoms with E-state index in [-0.39, 0.29) is 23.7 Å². The van der Waals surface area contributed by atoms with E-state index in [1.165, 1.54) is 12.1 Å². The first-order valence-corrected chi connectivity index (χ1v) is 6.47. The summed E-state index contributed by atoms with van der Waals surface area (Å²) >= 11 is 0. The van der Waals surface area contributed by atoms with E-state index in [9.17, 15) is 9.18 Å². The molecule has 1 aromatic carbocycles. The van der Waals surface area contributed by atoms with E-state index in [2.05, 4.69) is 5.32 Å². The van der Waals surface area contributed by atoms with E-state index in [0.29, 0.717) is 18.9 Å². The highest BCUT2D eigenvalue weighted by atomic mass is 19.1. The highest BCUT2D eigenvalue weighted by molar-refractivity contribution is 5.95. The Labute approximate surface area is 112 Å². The normalized spacial score (nSPS) is 22.5. The molecule has 0 bridgehead atoms. The van der Waals surface area contributed by atoms with Crippen LogP contribution < -0.4 is 10.2 Å². The van der Waals surface area contributed by atoms with Crippen LogP contribution in [0.2, 0.25) is 0 Å². The summed E-state index contributed by atoms with van der Waals surface area (Å²) in [7, 11) is 1.71. The van der Waals surface area contributed by atoms with Gasteiger partial charge in [-0.3, -0.25) is 4.79 Å². The molecule has 0 aliphatic carbocycles. The van der Waals surface area contributed by atoms with Crippen LogP contribution in [0.4, 0.5) is 10.1 Å². The van der Waals surface area contributed by atoms with E-state index in [1.807, 2.05) is 6.92 Å². The number of carbonyl (C=O) groups excluding carboxylic acids is 1. The van der Waals surface area contributed by atoms with Crippen molar-refractivity contribution in [1.82, 2.24) is 5.32 Å². The largest absolute Gasteiger partial charge is 0.379 e. The van der Waals surface area contributed by atoms with E-state index in [0.717, 1.165) is 6.54 Å². The first kappa shape index (κ1) is 14.0. The zero-order valence-electron chi connectivity index (χ0n) is 11.2. The zero-order chi connectivity index (χ0) is 13.8. The Morgan fingerprint density at radius 1 is 1.42 bits per heavy atom. The van der Waals surface area contributed by atoms with Crippen molar-refractivity contribution >= 4 is 11.6 Å². The minimum atomic E-state index is -0.306. The quantitative estimate of drug-likeness (QED) is 0.896. The van der Waals surface area contributed by atoms with Gasteiger partial charge in [-0.25, -0.2) is 4.39 Å². The standard InChI is InChI=1S/C14H19FN2O2/c1-3-16-13-9-19-8-12(13)14(18)17(2)11-6-4-10(15)5-7-11/h4-7,12-13,16H,3,8-9H2,1-2H3. The zero-order valence-corrected chi connectivity index (χ0v) is 11.2. The number of carbonyl (C=O) groups is 1. The van der Waals surface area contributed by atoms with Crippen molar-refractivity contribution in [2.24, 2.45) is 5.92 Å². The monoisotopic (exact) mass is 266 g/mol. The number of likely N-dealkylation sites (N-methyl/N-ethyl adjacent to an activating group) is 1. The van der Waals surface area contributed by atoms with E-state index in [1.54, 1.807) is 24.1 Å². The number of amides is 1. The molecular formula is C14H19FN2O2. The molecule has 2 atom stereocenters. The topological polar surface area (TPSA) is 41.6 Å². The summed E-state index contributed by atoms with van der Waals surface area (Å²) in [6, 6.07) is 5.97. The lowest BCUT2D eigenvalue weighted by Gasteiger charge is -2.24. The Kier molecular flexibility index (Phi) is 4.50. The number of rotatable bonds is 4. The van der Waals surface area contributed by atoms with E-state index in [4.69, 9.17) is 4.74 Å². The Balaban J connectivity index is 2.08. The maximum Gasteiger partial charge on any atom is 0.233 e. The molecule has 0 aromatic heterocycles. The second kappa shape index (κ2) is 6.12. The average molecular weight is 266 g/mol. The summed E-state index contributed by atoms with van der Waals surface area (Å²) < 4.78 is 18.3. The minimum absolute atomic E-state index is 0.00458. The van der Waals surface area contributed by atoms with Crippen LogP contribution in [0.25, 0.3) is 0 Å². The lowest BCUT2D eigenvalue weighted by Crippen LogP contribution is -2.44. The molecule has 19 heavy (non-hydrogen) atoms. The fraction of sp³-hybridized carbons (Fsp3) is 0.500. The highest BCUT2D eigenvalue weighted by Gasteiger charge is 2.35. The van der Waals surface area contributed by atoms with Crippen molar-refractivity contribution in [3.8, 4) is 0 Å². The van der Waals surface area contributed by atoms with Crippen molar-refractivity contribution in [3.63, 3.8) is 0 Å². The second-order valence-corrected chi connectivity index (χ2v) is 4.68. The molecule has 2 unspecified atom stereocenters. The summed E-state index contributed by atoms with van der Waals surface area (Å²) in [6.45, 7) is 3.80. The molecule has 1 aromatic rings. The summed E-state index contributed by atoms with van der Waals surface area (Å²) in [6.07, 6.45) is 0. The third-order valence-corrected chi connectivity index (χ3v) is 3.41. The molecule has 1 amide bonds. The van der Waals surface area contributed by atoms with Crippen LogP contribution in [-0.2, 0) is 9.53 Å². The molecule has 1 heterocycles. The molecule has 1 saturated heterocycles. The summed E-state index contributed by atoms with van der Waals surface area (Å²) in [5, 5.41) is 3.26. The molecule has 1 fully saturated rings. The van der Waals surface area contributed by atoms with Gasteiger partial charge in [0.1, 0.15) is 5.82 Å². The Morgan fingerprint density at radius 3 is 2.74 bits per heavy atom. The lowest BCUT2D eigenvalue weighted by atomic mass is 10.0. The molecule has 5 heteroatoms. The van der Waals surface area contributed by atoms with Crippen molar-refractivity contribution in [2.45, 2.75) is 13.0 Å². The minimum Gasteiger partial charge on any atom is -0.379 e. The van der Waals surface area contributed by atoms with Gasteiger partial charge in [-0.1, -0.05) is 6.92 Å². The maximum absolute atomic E-state index is 12.9. The van der Waals surface area contributed by atoms with Crippen LogP contribution in [0.15, 0.2) is 24.3 Å². The number of nitrogens with one attached hydrogen (secondary N) is 1. The molecule has 0 radical (unpaired) electrons. The van der Waals surface area contributed by atoms with Crippen LogP contribution in [0.3, 0.4) is 0 Å². The fourth-order valence-corrected chi connectivity index (χ4v) is 2.30. The lowest BCUT2D eigenvalue weighted by molar-refractivity contribution is -0.122. The predicted octanol–water partition coefficient (Wildman–Crippen LogP) is 1.41. The number of ether oxygens (including phenoxy) is 1. The van der Waals surface area contributed by atoms with Crippen LogP contribution in [-0.4, -0.2) is 38.8 Å². The van der Waals surface area contributed by atoms with Gasteiger partial charge in [0.15, 0.2) is 0 Å².